The Morgan fingerprint density at radius 2 is 1.80 bits per heavy atom. The lowest BCUT2D eigenvalue weighted by Crippen LogP contribution is -2.38. The van der Waals surface area contributed by atoms with Crippen molar-refractivity contribution in [2.45, 2.75) is 39.5 Å². The molecule has 6 nitrogen and oxygen atoms in total. The van der Waals surface area contributed by atoms with Gasteiger partial charge in [-0.05, 0) is 18.8 Å². The van der Waals surface area contributed by atoms with E-state index in [2.05, 4.69) is 10.6 Å². The number of carbonyl (C=O) groups excluding carboxylic acids is 1. The summed E-state index contributed by atoms with van der Waals surface area (Å²) in [6.45, 7) is 4.80. The zero-order valence-electron chi connectivity index (χ0n) is 12.3. The van der Waals surface area contributed by atoms with Crippen LogP contribution < -0.4 is 10.6 Å². The fourth-order valence-corrected chi connectivity index (χ4v) is 2.37. The number of nitrogens with one attached hydrogen (secondary N) is 2. The quantitative estimate of drug-likeness (QED) is 0.537. The van der Waals surface area contributed by atoms with Crippen molar-refractivity contribution in [2.75, 3.05) is 24.6 Å². The van der Waals surface area contributed by atoms with E-state index in [4.69, 9.17) is 5.11 Å². The molecule has 2 atom stereocenters. The van der Waals surface area contributed by atoms with Gasteiger partial charge in [0.15, 0.2) is 0 Å². The summed E-state index contributed by atoms with van der Waals surface area (Å²) < 4.78 is 11.2. The average molecular weight is 306 g/mol. The number of aliphatic carboxylic acids is 1. The van der Waals surface area contributed by atoms with Crippen LogP contribution in [0.15, 0.2) is 0 Å². The molecular weight excluding hydrogens is 280 g/mol. The highest BCUT2D eigenvalue weighted by molar-refractivity contribution is 7.84. The van der Waals surface area contributed by atoms with Crippen molar-refractivity contribution in [3.63, 3.8) is 0 Å². The molecule has 7 heteroatoms. The number of carboxylic acids is 1. The number of carbonyl (C=O) groups is 2. The standard InChI is InChI=1S/C13H26N2O4S/c1-3-11(5-6-12(16)17)7-8-14-13(18)15-9-10-20(19)4-2/h11H,3-10H2,1-2H3,(H,16,17)(H2,14,15,18). The van der Waals surface area contributed by atoms with E-state index in [1.54, 1.807) is 0 Å². The molecule has 0 aliphatic carbocycles. The SMILES string of the molecule is CCC(CCNC(=O)NCCS(=O)CC)CCC(=O)O. The monoisotopic (exact) mass is 306 g/mol. The Balaban J connectivity index is 3.67. The topological polar surface area (TPSA) is 95.5 Å². The molecule has 0 aromatic rings. The van der Waals surface area contributed by atoms with Crippen LogP contribution in [0.3, 0.4) is 0 Å². The Morgan fingerprint density at radius 3 is 2.35 bits per heavy atom. The summed E-state index contributed by atoms with van der Waals surface area (Å²) in [6, 6.07) is -0.258. The van der Waals surface area contributed by atoms with Gasteiger partial charge in [0, 0.05) is 41.8 Å². The van der Waals surface area contributed by atoms with Crippen LogP contribution in [0.4, 0.5) is 4.79 Å². The number of urea groups is 1. The summed E-state index contributed by atoms with van der Waals surface area (Å²) in [7, 11) is -0.863. The Labute approximate surface area is 123 Å². The van der Waals surface area contributed by atoms with Crippen LogP contribution >= 0.6 is 0 Å². The summed E-state index contributed by atoms with van der Waals surface area (Å²) in [6.07, 6.45) is 2.50. The van der Waals surface area contributed by atoms with Crippen LogP contribution in [-0.4, -0.2) is 45.9 Å². The van der Waals surface area contributed by atoms with Crippen molar-refractivity contribution in [3.05, 3.63) is 0 Å². The smallest absolute Gasteiger partial charge is 0.314 e. The number of hydrogen-bond acceptors (Lipinski definition) is 3. The first-order valence-electron chi connectivity index (χ1n) is 7.08. The Hall–Kier alpha value is -1.11. The first-order chi connectivity index (χ1) is 9.49. The highest BCUT2D eigenvalue weighted by Gasteiger charge is 2.09. The molecule has 118 valence electrons. The van der Waals surface area contributed by atoms with Gasteiger partial charge in [0.2, 0.25) is 0 Å². The van der Waals surface area contributed by atoms with Crippen LogP contribution in [0.2, 0.25) is 0 Å². The lowest BCUT2D eigenvalue weighted by molar-refractivity contribution is -0.137. The van der Waals surface area contributed by atoms with Gasteiger partial charge in [-0.1, -0.05) is 20.3 Å². The van der Waals surface area contributed by atoms with Crippen LogP contribution in [-0.2, 0) is 15.6 Å². The maximum Gasteiger partial charge on any atom is 0.314 e. The number of rotatable bonds is 11. The van der Waals surface area contributed by atoms with Crippen molar-refractivity contribution < 1.29 is 18.9 Å². The van der Waals surface area contributed by atoms with E-state index < -0.39 is 16.8 Å². The molecule has 2 unspecified atom stereocenters. The molecule has 0 rings (SSSR count). The normalized spacial score (nSPS) is 13.5. The van der Waals surface area contributed by atoms with Crippen molar-refractivity contribution in [2.24, 2.45) is 5.92 Å². The molecule has 0 aromatic heterocycles. The van der Waals surface area contributed by atoms with Crippen LogP contribution in [0, 0.1) is 5.92 Å². The molecule has 20 heavy (non-hydrogen) atoms. The molecule has 0 fully saturated rings. The minimum absolute atomic E-state index is 0.174. The summed E-state index contributed by atoms with van der Waals surface area (Å²) in [5.74, 6) is 0.614. The summed E-state index contributed by atoms with van der Waals surface area (Å²) in [4.78, 5) is 21.9. The second-order valence-electron chi connectivity index (χ2n) is 4.61. The molecule has 0 radical (unpaired) electrons. The number of amides is 2. The molecule has 2 amide bonds. The van der Waals surface area contributed by atoms with E-state index in [9.17, 15) is 13.8 Å². The molecule has 3 N–H and O–H groups in total. The van der Waals surface area contributed by atoms with Gasteiger partial charge in [-0.15, -0.1) is 0 Å². The van der Waals surface area contributed by atoms with Gasteiger partial charge >= 0.3 is 12.0 Å². The Morgan fingerprint density at radius 1 is 1.15 bits per heavy atom. The first-order valence-corrected chi connectivity index (χ1v) is 8.56. The molecule has 0 saturated carbocycles. The van der Waals surface area contributed by atoms with Crippen LogP contribution in [0.5, 0.6) is 0 Å². The highest BCUT2D eigenvalue weighted by Crippen LogP contribution is 2.14. The van der Waals surface area contributed by atoms with Gasteiger partial charge in [-0.2, -0.15) is 0 Å². The van der Waals surface area contributed by atoms with Gasteiger partial charge in [-0.3, -0.25) is 9.00 Å². The van der Waals surface area contributed by atoms with Crippen LogP contribution in [0.1, 0.15) is 39.5 Å². The van der Waals surface area contributed by atoms with Gasteiger partial charge in [0.1, 0.15) is 0 Å². The van der Waals surface area contributed by atoms with Crippen molar-refractivity contribution in [1.29, 1.82) is 0 Å². The minimum atomic E-state index is -0.863. The third kappa shape index (κ3) is 10.8. The maximum absolute atomic E-state index is 11.4. The molecule has 0 aliphatic heterocycles. The zero-order valence-corrected chi connectivity index (χ0v) is 13.1. The number of carboxylic acid groups (broad SMARTS) is 1. The summed E-state index contributed by atoms with van der Waals surface area (Å²) >= 11 is 0. The molecular formula is C13H26N2O4S. The number of hydrogen-bond donors (Lipinski definition) is 3. The Kier molecular flexibility index (Phi) is 11.0. The Bertz CT molecular complexity index is 323. The molecule has 0 heterocycles. The zero-order chi connectivity index (χ0) is 15.4. The molecule has 0 bridgehead atoms. The van der Waals surface area contributed by atoms with Gasteiger partial charge in [0.05, 0.1) is 0 Å². The van der Waals surface area contributed by atoms with Gasteiger partial charge < -0.3 is 15.7 Å². The van der Waals surface area contributed by atoms with Gasteiger partial charge in [0.25, 0.3) is 0 Å². The van der Waals surface area contributed by atoms with Gasteiger partial charge in [-0.25, -0.2) is 4.79 Å². The predicted octanol–water partition coefficient (Wildman–Crippen LogP) is 1.34. The molecule has 0 aliphatic rings. The average Bonchev–Trinajstić information content (AvgIpc) is 2.42. The predicted molar refractivity (Wildman–Crippen MR) is 80.2 cm³/mol. The van der Waals surface area contributed by atoms with E-state index in [0.29, 0.717) is 36.9 Å². The van der Waals surface area contributed by atoms with E-state index in [0.717, 1.165) is 12.8 Å². The van der Waals surface area contributed by atoms with E-state index in [1.165, 1.54) is 0 Å². The summed E-state index contributed by atoms with van der Waals surface area (Å²) in [5.41, 5.74) is 0. The second-order valence-corrected chi connectivity index (χ2v) is 6.48. The first kappa shape index (κ1) is 18.9. The van der Waals surface area contributed by atoms with Crippen molar-refractivity contribution in [1.82, 2.24) is 10.6 Å². The van der Waals surface area contributed by atoms with Crippen molar-refractivity contribution in [3.8, 4) is 0 Å². The fourth-order valence-electron chi connectivity index (χ4n) is 1.76. The minimum Gasteiger partial charge on any atom is -0.481 e. The van der Waals surface area contributed by atoms with E-state index in [-0.39, 0.29) is 12.5 Å². The molecule has 0 aromatic carbocycles. The van der Waals surface area contributed by atoms with Crippen LogP contribution in [0.25, 0.3) is 0 Å². The fraction of sp³-hybridized carbons (Fsp3) is 0.846. The molecule has 0 saturated heterocycles. The lowest BCUT2D eigenvalue weighted by atomic mass is 9.97. The highest BCUT2D eigenvalue weighted by atomic mass is 32.2. The molecule has 0 spiro atoms. The lowest BCUT2D eigenvalue weighted by Gasteiger charge is -2.14. The van der Waals surface area contributed by atoms with E-state index in [1.807, 2.05) is 13.8 Å². The van der Waals surface area contributed by atoms with E-state index >= 15 is 0 Å². The summed E-state index contributed by atoms with van der Waals surface area (Å²) in [5, 5.41) is 14.0. The third-order valence-electron chi connectivity index (χ3n) is 3.12. The largest absolute Gasteiger partial charge is 0.481 e. The second kappa shape index (κ2) is 11.7. The maximum atomic E-state index is 11.4. The van der Waals surface area contributed by atoms with Crippen molar-refractivity contribution >= 4 is 22.8 Å². The third-order valence-corrected chi connectivity index (χ3v) is 4.42.